The van der Waals surface area contributed by atoms with E-state index in [0.717, 1.165) is 17.6 Å². The van der Waals surface area contributed by atoms with Crippen molar-refractivity contribution >= 4 is 45.7 Å². The maximum Gasteiger partial charge on any atom is 0.360 e. The van der Waals surface area contributed by atoms with Gasteiger partial charge in [0, 0.05) is 18.0 Å². The van der Waals surface area contributed by atoms with E-state index in [1.807, 2.05) is 0 Å². The second kappa shape index (κ2) is 12.2. The molecule has 0 aliphatic carbocycles. The molecule has 242 valence electrons. The summed E-state index contributed by atoms with van der Waals surface area (Å²) in [5.41, 5.74) is 5.44. The summed E-state index contributed by atoms with van der Waals surface area (Å²) >= 11 is 0. The fraction of sp³-hybridized carbons (Fsp3) is 0.571. The molecule has 21 nitrogen and oxygen atoms in total. The van der Waals surface area contributed by atoms with Gasteiger partial charge in [-0.25, -0.2) is 4.99 Å². The van der Waals surface area contributed by atoms with Crippen LogP contribution in [0.3, 0.4) is 0 Å². The van der Waals surface area contributed by atoms with Gasteiger partial charge in [0.05, 0.1) is 12.9 Å². The highest BCUT2D eigenvalue weighted by atomic mass is 31.2. The van der Waals surface area contributed by atoms with Crippen LogP contribution in [-0.4, -0.2) is 138 Å². The number of hydrogen-bond donors (Lipinski definition) is 7. The van der Waals surface area contributed by atoms with E-state index < -0.39 is 94.8 Å². The number of phosphoric ester groups is 1. The van der Waals surface area contributed by atoms with Gasteiger partial charge in [0.25, 0.3) is 13.7 Å². The first-order valence-corrected chi connectivity index (χ1v) is 15.9. The Balaban J connectivity index is 1.31. The number of carbonyl (C=O) groups is 2. The molecule has 2 saturated heterocycles. The molecule has 0 saturated carbocycles. The highest BCUT2D eigenvalue weighted by Gasteiger charge is 2.57. The minimum absolute atomic E-state index is 0.0821. The molecule has 0 bridgehead atoms. The Morgan fingerprint density at radius 1 is 1.14 bits per heavy atom. The Morgan fingerprint density at radius 2 is 1.84 bits per heavy atom. The summed E-state index contributed by atoms with van der Waals surface area (Å²) in [4.78, 5) is 68.8. The Morgan fingerprint density at radius 3 is 2.52 bits per heavy atom. The van der Waals surface area contributed by atoms with Crippen molar-refractivity contribution in [3.63, 3.8) is 0 Å². The number of nitrogens with two attached hydrogens (primary N) is 1. The van der Waals surface area contributed by atoms with Crippen molar-refractivity contribution in [1.82, 2.24) is 9.80 Å². The predicted octanol–water partition coefficient (Wildman–Crippen LogP) is -4.85. The van der Waals surface area contributed by atoms with Crippen LogP contribution in [-0.2, 0) is 37.2 Å². The maximum atomic E-state index is 13.3. The Labute approximate surface area is 247 Å². The molecular weight excluding hydrogens is 638 g/mol. The first kappa shape index (κ1) is 32.6. The van der Waals surface area contributed by atoms with Crippen molar-refractivity contribution in [2.75, 3.05) is 6.61 Å². The lowest BCUT2D eigenvalue weighted by Gasteiger charge is -2.32. The number of primary amides is 1. The molecule has 0 spiro atoms. The summed E-state index contributed by atoms with van der Waals surface area (Å²) in [5, 5.41) is 42.4. The zero-order valence-corrected chi connectivity index (χ0v) is 23.9. The molecule has 5 aliphatic heterocycles. The third kappa shape index (κ3) is 6.33. The Hall–Kier alpha value is -2.75. The minimum Gasteiger partial charge on any atom is -0.756 e. The molecule has 2 amide bonds. The smallest absolute Gasteiger partial charge is 0.360 e. The molecule has 8 N–H and O–H groups in total. The topological polar surface area (TPSA) is 319 Å². The van der Waals surface area contributed by atoms with Gasteiger partial charge in [-0.15, -0.1) is 0 Å². The number of phosphoric acid groups is 1. The van der Waals surface area contributed by atoms with E-state index in [1.165, 1.54) is 23.4 Å². The second-order valence-electron chi connectivity index (χ2n) is 10.0. The number of nitrogens with zero attached hydrogens (tertiary/aromatic N) is 5. The van der Waals surface area contributed by atoms with Crippen LogP contribution in [0.4, 0.5) is 0 Å². The molecule has 5 heterocycles. The number of aliphatic hydroxyl groups is 4. The Kier molecular flexibility index (Phi) is 9.06. The zero-order chi connectivity index (χ0) is 32.1. The lowest BCUT2D eigenvalue weighted by molar-refractivity contribution is -0.226. The van der Waals surface area contributed by atoms with E-state index in [4.69, 9.17) is 19.7 Å². The number of aliphatic hydroxyl groups excluding tert-OH is 4. The van der Waals surface area contributed by atoms with E-state index in [9.17, 15) is 53.8 Å². The summed E-state index contributed by atoms with van der Waals surface area (Å²) in [6.07, 6.45) is -7.72. The molecule has 5 rings (SSSR count). The number of hydrogen-bond acceptors (Lipinski definition) is 17. The summed E-state index contributed by atoms with van der Waals surface area (Å²) in [5.74, 6) is -4.22. The van der Waals surface area contributed by atoms with Crippen LogP contribution in [0.2, 0.25) is 0 Å². The van der Waals surface area contributed by atoms with Gasteiger partial charge in [0.15, 0.2) is 24.3 Å². The van der Waals surface area contributed by atoms with E-state index in [-0.39, 0.29) is 17.8 Å². The molecule has 4 unspecified atom stereocenters. The fourth-order valence-electron chi connectivity index (χ4n) is 4.99. The second-order valence-corrected chi connectivity index (χ2v) is 13.1. The summed E-state index contributed by atoms with van der Waals surface area (Å²) < 4.78 is 45.4. The molecule has 23 heteroatoms. The van der Waals surface area contributed by atoms with Crippen LogP contribution in [0, 0.1) is 0 Å². The van der Waals surface area contributed by atoms with Gasteiger partial charge < -0.3 is 59.7 Å². The van der Waals surface area contributed by atoms with Gasteiger partial charge in [0.1, 0.15) is 48.8 Å². The van der Waals surface area contributed by atoms with Crippen molar-refractivity contribution in [2.45, 2.75) is 67.4 Å². The first-order valence-electron chi connectivity index (χ1n) is 12.7. The third-order valence-corrected chi connectivity index (χ3v) is 9.36. The van der Waals surface area contributed by atoms with Crippen molar-refractivity contribution in [3.05, 3.63) is 24.0 Å². The average molecular weight is 665 g/mol. The third-order valence-electron chi connectivity index (χ3n) is 7.14. The predicted molar refractivity (Wildman–Crippen MR) is 140 cm³/mol. The van der Waals surface area contributed by atoms with Crippen LogP contribution < -0.4 is 10.6 Å². The molecular formula is C21H27N6O15P2-. The summed E-state index contributed by atoms with van der Waals surface area (Å²) in [7, 11) is -11.3. The molecule has 0 aromatic rings. The number of fused-ring (bicyclic) bond motifs is 1. The fourth-order valence-corrected chi connectivity index (χ4v) is 7.34. The lowest BCUT2D eigenvalue weighted by atomic mass is 10.1. The van der Waals surface area contributed by atoms with Gasteiger partial charge in [-0.2, -0.15) is 4.99 Å². The number of amides is 2. The van der Waals surface area contributed by atoms with Crippen LogP contribution in [0.15, 0.2) is 39.0 Å². The lowest BCUT2D eigenvalue weighted by Crippen LogP contribution is -2.48. The molecule has 0 aromatic carbocycles. The molecule has 44 heavy (non-hydrogen) atoms. The number of rotatable bonds is 10. The van der Waals surface area contributed by atoms with Crippen LogP contribution in [0.5, 0.6) is 0 Å². The van der Waals surface area contributed by atoms with Crippen molar-refractivity contribution in [2.24, 2.45) is 20.7 Å². The van der Waals surface area contributed by atoms with Crippen molar-refractivity contribution in [1.29, 1.82) is 0 Å². The molecule has 2 fully saturated rings. The van der Waals surface area contributed by atoms with Gasteiger partial charge >= 0.3 is 7.60 Å². The van der Waals surface area contributed by atoms with Crippen molar-refractivity contribution < 1.29 is 72.3 Å². The molecule has 0 aromatic heterocycles. The largest absolute Gasteiger partial charge is 0.756 e. The monoisotopic (exact) mass is 665 g/mol. The van der Waals surface area contributed by atoms with Gasteiger partial charge in [-0.05, 0) is 6.42 Å². The standard InChI is InChI=1S/C21H28N6O15P2/c22-16(32)8-2-1-3-26(4-8)19-13(30)11(28)9(40-19)5-39-43(34,35)21(42-44(36,37)38)15-12(29)14(31)20(41-15)27-7-25-10-17(27)23-6-24-18(10)33/h1,3-4,6-7,9-15,19-21,28-31H,2,5H2,(H2,22,32)(H,34,35)(H2,36,37,38)/p-1/t9-,10?,11-,12+,13-,14-,15-,19-,20-,21?/m1/s1. The van der Waals surface area contributed by atoms with E-state index >= 15 is 0 Å². The summed E-state index contributed by atoms with van der Waals surface area (Å²) in [6.45, 7) is -0.978. The molecule has 5 aliphatic rings. The number of aliphatic imine (C=N–C) groups is 3. The average Bonchev–Trinajstić information content (AvgIpc) is 3.60. The van der Waals surface area contributed by atoms with Crippen molar-refractivity contribution in [3.8, 4) is 0 Å². The van der Waals surface area contributed by atoms with Gasteiger partial charge in [-0.1, -0.05) is 6.08 Å². The number of amidine groups is 1. The van der Waals surface area contributed by atoms with E-state index in [0.29, 0.717) is 0 Å². The Bertz CT molecular complexity index is 1430. The maximum absolute atomic E-state index is 13.3. The normalized spacial score (nSPS) is 38.2. The van der Waals surface area contributed by atoms with E-state index in [2.05, 4.69) is 19.5 Å². The quantitative estimate of drug-likeness (QED) is 0.108. The summed E-state index contributed by atoms with van der Waals surface area (Å²) in [6, 6.07) is -1.19. The first-order chi connectivity index (χ1) is 20.6. The van der Waals surface area contributed by atoms with E-state index in [1.54, 1.807) is 0 Å². The SMILES string of the molecule is NC(=O)C1=CN([C@@H]2O[C@H](COP(=O)(O)C(OP(=O)([O-])O)[C@@H]3O[C@@H](N4C=NC5C(=O)N=CN=C54)[C@H](O)[C@@H]3O)[C@@H](O)[C@H]2O)C=CC1. The van der Waals surface area contributed by atoms with Gasteiger partial charge in [-0.3, -0.25) is 33.1 Å². The minimum atomic E-state index is -5.85. The van der Waals surface area contributed by atoms with Crippen LogP contribution >= 0.6 is 15.4 Å². The highest BCUT2D eigenvalue weighted by Crippen LogP contribution is 2.56. The number of carbonyl (C=O) groups excluding carboxylic acids is 2. The highest BCUT2D eigenvalue weighted by molar-refractivity contribution is 7.54. The zero-order valence-electron chi connectivity index (χ0n) is 22.1. The molecule has 0 radical (unpaired) electrons. The van der Waals surface area contributed by atoms with Crippen LogP contribution in [0.25, 0.3) is 0 Å². The number of allylic oxidation sites excluding steroid dienone is 1. The van der Waals surface area contributed by atoms with Crippen LogP contribution in [0.1, 0.15) is 6.42 Å². The number of ether oxygens (including phenoxy) is 2. The molecule has 12 atom stereocenters. The van der Waals surface area contributed by atoms with Gasteiger partial charge in [0.2, 0.25) is 5.91 Å².